The van der Waals surface area contributed by atoms with Crippen LogP contribution in [0.15, 0.2) is 79.0 Å². The number of hydrogen-bond acceptors (Lipinski definition) is 7. The zero-order valence-electron chi connectivity index (χ0n) is 20.9. The van der Waals surface area contributed by atoms with E-state index in [2.05, 4.69) is 20.5 Å². The van der Waals surface area contributed by atoms with Gasteiger partial charge in [-0.1, -0.05) is 30.3 Å². The molecule has 0 radical (unpaired) electrons. The first-order valence-electron chi connectivity index (χ1n) is 12.3. The summed E-state index contributed by atoms with van der Waals surface area (Å²) >= 11 is 0. The fourth-order valence-electron chi connectivity index (χ4n) is 4.21. The van der Waals surface area contributed by atoms with E-state index in [1.54, 1.807) is 12.3 Å². The summed E-state index contributed by atoms with van der Waals surface area (Å²) in [5.41, 5.74) is 0.620. The van der Waals surface area contributed by atoms with Gasteiger partial charge in [0.25, 0.3) is 0 Å². The highest BCUT2D eigenvalue weighted by Crippen LogP contribution is 2.35. The van der Waals surface area contributed by atoms with Gasteiger partial charge in [0.05, 0.1) is 0 Å². The van der Waals surface area contributed by atoms with Crippen LogP contribution in [0, 0.1) is 0 Å². The molecule has 1 amide bonds. The number of H-pyrrole nitrogens is 1. The van der Waals surface area contributed by atoms with Crippen molar-refractivity contribution in [3.05, 3.63) is 79.0 Å². The number of aromatic nitrogens is 3. The van der Waals surface area contributed by atoms with Crippen molar-refractivity contribution in [1.82, 2.24) is 25.0 Å². The number of amides is 1. The molecular weight excluding hydrogens is 468 g/mol. The van der Waals surface area contributed by atoms with Gasteiger partial charge in [-0.3, -0.25) is 9.89 Å². The maximum Gasteiger partial charge on any atom is 0.246 e. The van der Waals surface area contributed by atoms with E-state index in [9.17, 15) is 4.79 Å². The Bertz CT molecular complexity index is 1390. The Morgan fingerprint density at radius 1 is 1.11 bits per heavy atom. The molecule has 1 fully saturated rings. The number of para-hydroxylation sites is 1. The zero-order chi connectivity index (χ0) is 25.6. The molecule has 0 spiro atoms. The highest BCUT2D eigenvalue weighted by atomic mass is 16.5. The normalized spacial score (nSPS) is 15.5. The fraction of sp³-hybridized carbons (Fsp3) is 0.250. The van der Waals surface area contributed by atoms with Crippen LogP contribution in [0.3, 0.4) is 0 Å². The second kappa shape index (κ2) is 11.1. The van der Waals surface area contributed by atoms with E-state index in [0.717, 1.165) is 24.1 Å². The molecule has 2 aromatic heterocycles. The molecular formula is C28H30N6O3. The Kier molecular flexibility index (Phi) is 7.32. The number of rotatable bonds is 9. The van der Waals surface area contributed by atoms with Crippen LogP contribution in [-0.4, -0.2) is 70.7 Å². The minimum atomic E-state index is 0.0290. The molecule has 0 bridgehead atoms. The predicted octanol–water partition coefficient (Wildman–Crippen LogP) is 4.67. The molecule has 3 heterocycles. The van der Waals surface area contributed by atoms with Gasteiger partial charge in [0, 0.05) is 50.1 Å². The van der Waals surface area contributed by atoms with Crippen molar-refractivity contribution in [2.45, 2.75) is 12.5 Å². The van der Waals surface area contributed by atoms with Crippen molar-refractivity contribution in [1.29, 1.82) is 0 Å². The molecule has 4 aromatic rings. The van der Waals surface area contributed by atoms with Crippen LogP contribution in [0.25, 0.3) is 11.0 Å². The number of pyridine rings is 1. The molecule has 9 heteroatoms. The van der Waals surface area contributed by atoms with Gasteiger partial charge in [0.2, 0.25) is 5.91 Å². The topological polar surface area (TPSA) is 95.6 Å². The summed E-state index contributed by atoms with van der Waals surface area (Å²) in [6.45, 7) is 2.04. The lowest BCUT2D eigenvalue weighted by molar-refractivity contribution is -0.125. The maximum absolute atomic E-state index is 12.5. The highest BCUT2D eigenvalue weighted by Gasteiger charge is 2.26. The Morgan fingerprint density at radius 2 is 1.89 bits per heavy atom. The van der Waals surface area contributed by atoms with Crippen molar-refractivity contribution < 1.29 is 14.3 Å². The predicted molar refractivity (Wildman–Crippen MR) is 143 cm³/mol. The van der Waals surface area contributed by atoms with Crippen molar-refractivity contribution in [2.24, 2.45) is 0 Å². The lowest BCUT2D eigenvalue weighted by Crippen LogP contribution is -2.30. The highest BCUT2D eigenvalue weighted by molar-refractivity contribution is 5.93. The van der Waals surface area contributed by atoms with Gasteiger partial charge in [-0.2, -0.15) is 5.10 Å². The SMILES string of the molecule is CN(C)CC=CC(=O)N1CCC(Nc2n[nH]c3nccc(Oc4cccc(Oc5ccccc5)c4)c23)C1. The van der Waals surface area contributed by atoms with E-state index in [-0.39, 0.29) is 11.9 Å². The molecule has 9 nitrogen and oxygen atoms in total. The Hall–Kier alpha value is -4.37. The standard InChI is InChI=1S/C28H30N6O3/c1-33(2)16-7-12-25(35)34-17-14-20(19-34)30-28-26-24(13-15-29-27(26)31-32-28)37-23-11-6-10-22(18-23)36-21-8-4-3-5-9-21/h3-13,15,18,20H,14,16-17,19H2,1-2H3,(H2,29,30,31,32). The molecule has 1 aliphatic heterocycles. The number of likely N-dealkylation sites (N-methyl/N-ethyl adjacent to an activating group) is 1. The lowest BCUT2D eigenvalue weighted by Gasteiger charge is -2.16. The number of nitrogens with zero attached hydrogens (tertiary/aromatic N) is 4. The molecule has 1 unspecified atom stereocenters. The molecule has 2 aromatic carbocycles. The molecule has 2 N–H and O–H groups in total. The van der Waals surface area contributed by atoms with Gasteiger partial charge in [0.1, 0.15) is 28.4 Å². The van der Waals surface area contributed by atoms with Gasteiger partial charge in [-0.25, -0.2) is 4.98 Å². The molecule has 1 aliphatic rings. The third kappa shape index (κ3) is 6.07. The van der Waals surface area contributed by atoms with Crippen molar-refractivity contribution in [2.75, 3.05) is 39.0 Å². The Labute approximate surface area is 215 Å². The summed E-state index contributed by atoms with van der Waals surface area (Å²) in [7, 11) is 3.95. The van der Waals surface area contributed by atoms with Crippen LogP contribution in [0.5, 0.6) is 23.0 Å². The number of aromatic amines is 1. The molecule has 190 valence electrons. The van der Waals surface area contributed by atoms with E-state index < -0.39 is 0 Å². The summed E-state index contributed by atoms with van der Waals surface area (Å²) in [6.07, 6.45) is 6.05. The van der Waals surface area contributed by atoms with Crippen LogP contribution in [0.1, 0.15) is 6.42 Å². The average Bonchev–Trinajstić information content (AvgIpc) is 3.53. The van der Waals surface area contributed by atoms with Crippen LogP contribution >= 0.6 is 0 Å². The quantitative estimate of drug-likeness (QED) is 0.324. The number of ether oxygens (including phenoxy) is 2. The van der Waals surface area contributed by atoms with Crippen molar-refractivity contribution in [3.8, 4) is 23.0 Å². The number of carbonyl (C=O) groups excluding carboxylic acids is 1. The summed E-state index contributed by atoms with van der Waals surface area (Å²) < 4.78 is 12.2. The lowest BCUT2D eigenvalue weighted by atomic mass is 10.2. The van der Waals surface area contributed by atoms with E-state index in [1.807, 2.05) is 90.6 Å². The van der Waals surface area contributed by atoms with Crippen molar-refractivity contribution >= 4 is 22.8 Å². The number of nitrogens with one attached hydrogen (secondary N) is 2. The third-order valence-corrected chi connectivity index (χ3v) is 6.01. The van der Waals surface area contributed by atoms with Crippen LogP contribution < -0.4 is 14.8 Å². The Morgan fingerprint density at radius 3 is 2.70 bits per heavy atom. The third-order valence-electron chi connectivity index (χ3n) is 6.01. The van der Waals surface area contributed by atoms with Gasteiger partial charge in [0.15, 0.2) is 11.5 Å². The van der Waals surface area contributed by atoms with Gasteiger partial charge < -0.3 is 24.6 Å². The smallest absolute Gasteiger partial charge is 0.246 e. The minimum Gasteiger partial charge on any atom is -0.457 e. The summed E-state index contributed by atoms with van der Waals surface area (Å²) in [5.74, 6) is 3.36. The number of anilines is 1. The first-order valence-corrected chi connectivity index (χ1v) is 12.3. The second-order valence-corrected chi connectivity index (χ2v) is 9.18. The van der Waals surface area contributed by atoms with Gasteiger partial charge in [-0.15, -0.1) is 0 Å². The average molecular weight is 499 g/mol. The first-order chi connectivity index (χ1) is 18.0. The Balaban J connectivity index is 1.29. The van der Waals surface area contributed by atoms with Gasteiger partial charge in [-0.05, 0) is 44.8 Å². The largest absolute Gasteiger partial charge is 0.457 e. The number of likely N-dealkylation sites (tertiary alicyclic amines) is 1. The first kappa shape index (κ1) is 24.3. The van der Waals surface area contributed by atoms with Crippen LogP contribution in [-0.2, 0) is 4.79 Å². The maximum atomic E-state index is 12.5. The summed E-state index contributed by atoms with van der Waals surface area (Å²) in [6, 6.07) is 19.0. The number of fused-ring (bicyclic) bond motifs is 1. The van der Waals surface area contributed by atoms with E-state index in [1.165, 1.54) is 0 Å². The number of benzene rings is 2. The van der Waals surface area contributed by atoms with Gasteiger partial charge >= 0.3 is 0 Å². The summed E-state index contributed by atoms with van der Waals surface area (Å²) in [4.78, 5) is 20.8. The number of carbonyl (C=O) groups is 1. The van der Waals surface area contributed by atoms with E-state index >= 15 is 0 Å². The number of hydrogen-bond donors (Lipinski definition) is 2. The summed E-state index contributed by atoms with van der Waals surface area (Å²) in [5, 5.41) is 11.7. The minimum absolute atomic E-state index is 0.0290. The molecule has 1 atom stereocenters. The molecule has 1 saturated heterocycles. The van der Waals surface area contributed by atoms with E-state index in [0.29, 0.717) is 41.8 Å². The molecule has 37 heavy (non-hydrogen) atoms. The molecule has 0 saturated carbocycles. The molecule has 0 aliphatic carbocycles. The van der Waals surface area contributed by atoms with Crippen LogP contribution in [0.4, 0.5) is 5.82 Å². The van der Waals surface area contributed by atoms with E-state index in [4.69, 9.17) is 9.47 Å². The zero-order valence-corrected chi connectivity index (χ0v) is 20.9. The second-order valence-electron chi connectivity index (χ2n) is 9.18. The molecule has 5 rings (SSSR count). The fourth-order valence-corrected chi connectivity index (χ4v) is 4.21. The monoisotopic (exact) mass is 498 g/mol. The van der Waals surface area contributed by atoms with Crippen LogP contribution in [0.2, 0.25) is 0 Å². The van der Waals surface area contributed by atoms with Crippen molar-refractivity contribution in [3.63, 3.8) is 0 Å².